The van der Waals surface area contributed by atoms with Gasteiger partial charge in [0.05, 0.1) is 0 Å². The molecule has 108 valence electrons. The van der Waals surface area contributed by atoms with Gasteiger partial charge in [-0.3, -0.25) is 0 Å². The minimum absolute atomic E-state index is 0.782. The second-order valence-corrected chi connectivity index (χ2v) is 8.11. The Morgan fingerprint density at radius 3 is 2.42 bits per heavy atom. The molecule has 1 heteroatoms. The zero-order chi connectivity index (χ0) is 12.8. The van der Waals surface area contributed by atoms with Crippen molar-refractivity contribution in [1.82, 2.24) is 5.32 Å². The Morgan fingerprint density at radius 2 is 1.58 bits per heavy atom. The van der Waals surface area contributed by atoms with E-state index < -0.39 is 0 Å². The molecule has 6 unspecified atom stereocenters. The molecule has 4 rings (SSSR count). The smallest absolute Gasteiger partial charge is 0.0103 e. The molecule has 4 fully saturated rings. The third-order valence-electron chi connectivity index (χ3n) is 7.26. The van der Waals surface area contributed by atoms with Crippen LogP contribution in [0.3, 0.4) is 0 Å². The highest BCUT2D eigenvalue weighted by atomic mass is 15.0. The van der Waals surface area contributed by atoms with E-state index >= 15 is 0 Å². The molecule has 1 N–H and O–H groups in total. The molecule has 0 heterocycles. The first-order chi connectivity index (χ1) is 9.33. The Hall–Kier alpha value is -0.0400. The first-order valence-electron chi connectivity index (χ1n) is 9.09. The summed E-state index contributed by atoms with van der Waals surface area (Å²) in [6.45, 7) is 2.48. The first kappa shape index (κ1) is 12.7. The number of nitrogens with one attached hydrogen (secondary N) is 1. The molecule has 0 aromatic heterocycles. The van der Waals surface area contributed by atoms with Crippen molar-refractivity contribution in [1.29, 1.82) is 0 Å². The van der Waals surface area contributed by atoms with Crippen LogP contribution in [0, 0.1) is 29.6 Å². The molecule has 0 radical (unpaired) electrons. The molecule has 4 aliphatic rings. The Morgan fingerprint density at radius 1 is 0.789 bits per heavy atom. The maximum atomic E-state index is 4.09. The molecule has 4 saturated carbocycles. The van der Waals surface area contributed by atoms with Crippen molar-refractivity contribution in [3.63, 3.8) is 0 Å². The van der Waals surface area contributed by atoms with E-state index in [1.54, 1.807) is 19.3 Å². The zero-order valence-corrected chi connectivity index (χ0v) is 12.6. The second-order valence-electron chi connectivity index (χ2n) is 8.11. The maximum absolute atomic E-state index is 4.09. The Kier molecular flexibility index (Phi) is 3.38. The fourth-order valence-corrected chi connectivity index (χ4v) is 6.37. The van der Waals surface area contributed by atoms with Crippen molar-refractivity contribution in [2.45, 2.75) is 83.2 Å². The Balaban J connectivity index is 1.36. The van der Waals surface area contributed by atoms with Crippen molar-refractivity contribution in [2.75, 3.05) is 0 Å². The molecule has 0 aromatic rings. The van der Waals surface area contributed by atoms with E-state index in [0.717, 1.165) is 41.7 Å². The number of hydrogen-bond acceptors (Lipinski definition) is 1. The highest BCUT2D eigenvalue weighted by molar-refractivity contribution is 5.06. The molecular weight excluding hydrogens is 230 g/mol. The monoisotopic (exact) mass is 261 g/mol. The van der Waals surface area contributed by atoms with Crippen LogP contribution in [0.15, 0.2) is 0 Å². The minimum Gasteiger partial charge on any atom is -0.311 e. The third kappa shape index (κ3) is 2.17. The quantitative estimate of drug-likeness (QED) is 0.795. The van der Waals surface area contributed by atoms with Gasteiger partial charge in [0.1, 0.15) is 0 Å². The van der Waals surface area contributed by atoms with Gasteiger partial charge in [0.25, 0.3) is 0 Å². The fraction of sp³-hybridized carbons (Fsp3) is 1.00. The summed E-state index contributed by atoms with van der Waals surface area (Å²) in [5, 5.41) is 4.09. The predicted molar refractivity (Wildman–Crippen MR) is 80.0 cm³/mol. The predicted octanol–water partition coefficient (Wildman–Crippen LogP) is 4.37. The Bertz CT molecular complexity index is 320. The molecule has 2 bridgehead atoms. The molecule has 1 nitrogen and oxygen atoms in total. The minimum atomic E-state index is 0.782. The summed E-state index contributed by atoms with van der Waals surface area (Å²) in [5.41, 5.74) is 0. The lowest BCUT2D eigenvalue weighted by Gasteiger charge is -2.37. The van der Waals surface area contributed by atoms with E-state index in [0.29, 0.717) is 0 Å². The standard InChI is InChI=1S/C18H31N/c1-12(13-6-3-2-4-7-13)19-18-11-14-10-17(18)16-9-5-8-15(14)16/h12-19H,2-11H2,1H3. The van der Waals surface area contributed by atoms with Crippen LogP contribution in [0.1, 0.15) is 71.1 Å². The lowest BCUT2D eigenvalue weighted by Crippen LogP contribution is -2.46. The van der Waals surface area contributed by atoms with Crippen molar-refractivity contribution < 1.29 is 0 Å². The normalized spacial score (nSPS) is 47.5. The van der Waals surface area contributed by atoms with Crippen LogP contribution >= 0.6 is 0 Å². The molecule has 4 aliphatic carbocycles. The summed E-state index contributed by atoms with van der Waals surface area (Å²) in [6.07, 6.45) is 15.2. The van der Waals surface area contributed by atoms with Crippen LogP contribution in [-0.4, -0.2) is 12.1 Å². The van der Waals surface area contributed by atoms with Gasteiger partial charge in [0, 0.05) is 12.1 Å². The van der Waals surface area contributed by atoms with E-state index in [1.165, 1.54) is 44.9 Å². The molecule has 6 atom stereocenters. The van der Waals surface area contributed by atoms with Crippen LogP contribution in [0.25, 0.3) is 0 Å². The lowest BCUT2D eigenvalue weighted by atomic mass is 9.78. The van der Waals surface area contributed by atoms with Crippen LogP contribution in [-0.2, 0) is 0 Å². The molecule has 0 aliphatic heterocycles. The third-order valence-corrected chi connectivity index (χ3v) is 7.26. The average Bonchev–Trinajstić information content (AvgIpc) is 3.11. The second kappa shape index (κ2) is 5.06. The highest BCUT2D eigenvalue weighted by Crippen LogP contribution is 2.58. The van der Waals surface area contributed by atoms with Gasteiger partial charge < -0.3 is 5.32 Å². The maximum Gasteiger partial charge on any atom is 0.0103 e. The SMILES string of the molecule is CC(NC1CC2CC1C1CCCC21)C1CCCCC1. The van der Waals surface area contributed by atoms with Crippen LogP contribution < -0.4 is 5.32 Å². The number of rotatable bonds is 3. The summed E-state index contributed by atoms with van der Waals surface area (Å²) < 4.78 is 0. The van der Waals surface area contributed by atoms with Crippen molar-refractivity contribution in [3.8, 4) is 0 Å². The average molecular weight is 261 g/mol. The molecule has 19 heavy (non-hydrogen) atoms. The van der Waals surface area contributed by atoms with E-state index in [1.807, 2.05) is 0 Å². The van der Waals surface area contributed by atoms with Gasteiger partial charge >= 0.3 is 0 Å². The van der Waals surface area contributed by atoms with Gasteiger partial charge in [-0.15, -0.1) is 0 Å². The summed E-state index contributed by atoms with van der Waals surface area (Å²) in [5.74, 6) is 5.41. The van der Waals surface area contributed by atoms with Crippen LogP contribution in [0.4, 0.5) is 0 Å². The first-order valence-corrected chi connectivity index (χ1v) is 9.09. The highest BCUT2D eigenvalue weighted by Gasteiger charge is 2.53. The topological polar surface area (TPSA) is 12.0 Å². The molecule has 0 spiro atoms. The summed E-state index contributed by atoms with van der Waals surface area (Å²) in [7, 11) is 0. The van der Waals surface area contributed by atoms with Crippen molar-refractivity contribution in [3.05, 3.63) is 0 Å². The van der Waals surface area contributed by atoms with Crippen molar-refractivity contribution >= 4 is 0 Å². The van der Waals surface area contributed by atoms with E-state index in [2.05, 4.69) is 12.2 Å². The van der Waals surface area contributed by atoms with Gasteiger partial charge in [0.15, 0.2) is 0 Å². The number of hydrogen-bond donors (Lipinski definition) is 1. The lowest BCUT2D eigenvalue weighted by molar-refractivity contribution is 0.176. The van der Waals surface area contributed by atoms with Crippen molar-refractivity contribution in [2.24, 2.45) is 29.6 Å². The molecular formula is C18H31N. The summed E-state index contributed by atoms with van der Waals surface area (Å²) in [6, 6.07) is 1.67. The van der Waals surface area contributed by atoms with Gasteiger partial charge in [-0.25, -0.2) is 0 Å². The molecule has 0 amide bonds. The summed E-state index contributed by atoms with van der Waals surface area (Å²) >= 11 is 0. The van der Waals surface area contributed by atoms with E-state index in [9.17, 15) is 0 Å². The van der Waals surface area contributed by atoms with E-state index in [4.69, 9.17) is 0 Å². The van der Waals surface area contributed by atoms with Gasteiger partial charge in [-0.2, -0.15) is 0 Å². The largest absolute Gasteiger partial charge is 0.311 e. The Labute approximate surface area is 118 Å². The van der Waals surface area contributed by atoms with Crippen LogP contribution in [0.5, 0.6) is 0 Å². The van der Waals surface area contributed by atoms with Crippen LogP contribution in [0.2, 0.25) is 0 Å². The van der Waals surface area contributed by atoms with Gasteiger partial charge in [-0.1, -0.05) is 25.7 Å². The van der Waals surface area contributed by atoms with Gasteiger partial charge in [-0.05, 0) is 75.0 Å². The summed E-state index contributed by atoms with van der Waals surface area (Å²) in [4.78, 5) is 0. The van der Waals surface area contributed by atoms with E-state index in [-0.39, 0.29) is 0 Å². The zero-order valence-electron chi connectivity index (χ0n) is 12.6. The fourth-order valence-electron chi connectivity index (χ4n) is 6.37. The van der Waals surface area contributed by atoms with Gasteiger partial charge in [0.2, 0.25) is 0 Å². The molecule has 0 aromatic carbocycles. The molecule has 0 saturated heterocycles. The number of fused-ring (bicyclic) bond motifs is 5.